The Balaban J connectivity index is 1.61. The minimum atomic E-state index is -0.831. The van der Waals surface area contributed by atoms with E-state index in [1.54, 1.807) is 24.3 Å². The number of imide groups is 1. The Morgan fingerprint density at radius 2 is 1.96 bits per heavy atom. The lowest BCUT2D eigenvalue weighted by atomic mass is 9.77. The standard InChI is InChI=1S/C20H24N4O3/c1-13-7-9-20(10-8-13)18(26)24(19(27)23-20)12-17(25)22-14(2)16-5-3-15(11-21)4-6-16/h3-6,13-14H,7-10,12H2,1-2H3,(H,22,25)(H,23,27). The summed E-state index contributed by atoms with van der Waals surface area (Å²) in [6, 6.07) is 8.17. The average Bonchev–Trinajstić information content (AvgIpc) is 2.88. The first-order chi connectivity index (χ1) is 12.8. The molecule has 3 rings (SSSR count). The summed E-state index contributed by atoms with van der Waals surface area (Å²) in [5.74, 6) is -0.136. The molecule has 2 N–H and O–H groups in total. The number of benzene rings is 1. The second-order valence-corrected chi connectivity index (χ2v) is 7.61. The van der Waals surface area contributed by atoms with E-state index in [4.69, 9.17) is 5.26 Å². The van der Waals surface area contributed by atoms with Gasteiger partial charge in [0, 0.05) is 0 Å². The third-order valence-corrected chi connectivity index (χ3v) is 5.59. The van der Waals surface area contributed by atoms with Crippen LogP contribution in [0, 0.1) is 17.2 Å². The van der Waals surface area contributed by atoms with Gasteiger partial charge in [0.15, 0.2) is 0 Å². The highest BCUT2D eigenvalue weighted by Gasteiger charge is 2.52. The summed E-state index contributed by atoms with van der Waals surface area (Å²) < 4.78 is 0. The van der Waals surface area contributed by atoms with Crippen LogP contribution in [0.1, 0.15) is 56.7 Å². The molecule has 1 unspecified atom stereocenters. The summed E-state index contributed by atoms with van der Waals surface area (Å²) in [5, 5.41) is 14.5. The van der Waals surface area contributed by atoms with Crippen LogP contribution in [-0.2, 0) is 9.59 Å². The molecule has 1 heterocycles. The lowest BCUT2D eigenvalue weighted by Gasteiger charge is -2.33. The zero-order chi connectivity index (χ0) is 19.6. The maximum atomic E-state index is 12.8. The van der Waals surface area contributed by atoms with Crippen LogP contribution in [-0.4, -0.2) is 34.8 Å². The van der Waals surface area contributed by atoms with Gasteiger partial charge in [0.25, 0.3) is 5.91 Å². The molecular formula is C20H24N4O3. The number of nitrogens with one attached hydrogen (secondary N) is 2. The smallest absolute Gasteiger partial charge is 0.325 e. The van der Waals surface area contributed by atoms with Gasteiger partial charge in [-0.3, -0.25) is 14.5 Å². The highest BCUT2D eigenvalue weighted by atomic mass is 16.2. The molecule has 1 aliphatic carbocycles. The molecule has 0 bridgehead atoms. The van der Waals surface area contributed by atoms with Crippen molar-refractivity contribution in [2.75, 3.05) is 6.54 Å². The summed E-state index contributed by atoms with van der Waals surface area (Å²) in [6.07, 6.45) is 3.03. The fourth-order valence-corrected chi connectivity index (χ4v) is 3.77. The van der Waals surface area contributed by atoms with Crippen LogP contribution >= 0.6 is 0 Å². The van der Waals surface area contributed by atoms with E-state index in [0.29, 0.717) is 24.3 Å². The largest absolute Gasteiger partial charge is 0.348 e. The lowest BCUT2D eigenvalue weighted by molar-refractivity contribution is -0.136. The van der Waals surface area contributed by atoms with Crippen molar-refractivity contribution < 1.29 is 14.4 Å². The van der Waals surface area contributed by atoms with E-state index in [1.807, 2.05) is 13.0 Å². The summed E-state index contributed by atoms with van der Waals surface area (Å²) >= 11 is 0. The van der Waals surface area contributed by atoms with Gasteiger partial charge in [-0.1, -0.05) is 19.1 Å². The van der Waals surface area contributed by atoms with Crippen molar-refractivity contribution in [3.8, 4) is 6.07 Å². The normalized spacial score (nSPS) is 25.8. The number of carbonyl (C=O) groups is 3. The van der Waals surface area contributed by atoms with Gasteiger partial charge in [-0.05, 0) is 56.2 Å². The Bertz CT molecular complexity index is 788. The van der Waals surface area contributed by atoms with Crippen molar-refractivity contribution in [3.63, 3.8) is 0 Å². The summed E-state index contributed by atoms with van der Waals surface area (Å²) in [6.45, 7) is 3.67. The first kappa shape index (κ1) is 18.9. The summed E-state index contributed by atoms with van der Waals surface area (Å²) in [4.78, 5) is 38.5. The minimum absolute atomic E-state index is 0.289. The Labute approximate surface area is 158 Å². The SMILES string of the molecule is CC1CCC2(CC1)NC(=O)N(CC(=O)NC(C)c1ccc(C#N)cc1)C2=O. The van der Waals surface area contributed by atoms with Crippen LogP contribution in [0.5, 0.6) is 0 Å². The molecule has 1 aromatic carbocycles. The van der Waals surface area contributed by atoms with Crippen LogP contribution in [0.4, 0.5) is 4.79 Å². The van der Waals surface area contributed by atoms with Crippen LogP contribution in [0.15, 0.2) is 24.3 Å². The van der Waals surface area contributed by atoms with E-state index in [2.05, 4.69) is 17.6 Å². The van der Waals surface area contributed by atoms with E-state index in [0.717, 1.165) is 23.3 Å². The second kappa shape index (κ2) is 7.39. The molecule has 1 saturated carbocycles. The van der Waals surface area contributed by atoms with Crippen LogP contribution in [0.2, 0.25) is 0 Å². The Kier molecular flexibility index (Phi) is 5.17. The topological polar surface area (TPSA) is 102 Å². The number of urea groups is 1. The fraction of sp³-hybridized carbons (Fsp3) is 0.500. The zero-order valence-electron chi connectivity index (χ0n) is 15.6. The van der Waals surface area contributed by atoms with Crippen molar-refractivity contribution in [2.45, 2.75) is 51.1 Å². The number of nitriles is 1. The van der Waals surface area contributed by atoms with Gasteiger partial charge in [0.1, 0.15) is 12.1 Å². The number of amides is 4. The van der Waals surface area contributed by atoms with Gasteiger partial charge >= 0.3 is 6.03 Å². The second-order valence-electron chi connectivity index (χ2n) is 7.61. The molecule has 27 heavy (non-hydrogen) atoms. The van der Waals surface area contributed by atoms with E-state index < -0.39 is 17.5 Å². The third-order valence-electron chi connectivity index (χ3n) is 5.59. The van der Waals surface area contributed by atoms with Crippen molar-refractivity contribution in [1.82, 2.24) is 15.5 Å². The molecule has 1 aromatic rings. The molecular weight excluding hydrogens is 344 g/mol. The van der Waals surface area contributed by atoms with Crippen molar-refractivity contribution in [1.29, 1.82) is 5.26 Å². The van der Waals surface area contributed by atoms with Crippen LogP contribution in [0.25, 0.3) is 0 Å². The van der Waals surface area contributed by atoms with Crippen LogP contribution in [0.3, 0.4) is 0 Å². The highest BCUT2D eigenvalue weighted by molar-refractivity contribution is 6.09. The van der Waals surface area contributed by atoms with Gasteiger partial charge in [-0.2, -0.15) is 5.26 Å². The maximum absolute atomic E-state index is 12.8. The molecule has 2 aliphatic rings. The van der Waals surface area contributed by atoms with E-state index in [-0.39, 0.29) is 18.5 Å². The van der Waals surface area contributed by atoms with Gasteiger partial charge in [-0.15, -0.1) is 0 Å². The molecule has 2 fully saturated rings. The van der Waals surface area contributed by atoms with Crippen molar-refractivity contribution in [3.05, 3.63) is 35.4 Å². The van der Waals surface area contributed by atoms with Crippen LogP contribution < -0.4 is 10.6 Å². The predicted molar refractivity (Wildman–Crippen MR) is 98.3 cm³/mol. The molecule has 1 spiro atoms. The van der Waals surface area contributed by atoms with Gasteiger partial charge in [0.2, 0.25) is 5.91 Å². The van der Waals surface area contributed by atoms with E-state index in [9.17, 15) is 14.4 Å². The Hall–Kier alpha value is -2.88. The van der Waals surface area contributed by atoms with Crippen molar-refractivity contribution >= 4 is 17.8 Å². The number of rotatable bonds is 4. The molecule has 1 saturated heterocycles. The molecule has 7 nitrogen and oxygen atoms in total. The summed E-state index contributed by atoms with van der Waals surface area (Å²) in [5.41, 5.74) is 0.559. The molecule has 1 atom stereocenters. The van der Waals surface area contributed by atoms with E-state index >= 15 is 0 Å². The number of carbonyl (C=O) groups excluding carboxylic acids is 3. The first-order valence-electron chi connectivity index (χ1n) is 9.28. The lowest BCUT2D eigenvalue weighted by Crippen LogP contribution is -2.50. The number of hydrogen-bond acceptors (Lipinski definition) is 4. The number of nitrogens with zero attached hydrogens (tertiary/aromatic N) is 2. The molecule has 0 radical (unpaired) electrons. The quantitative estimate of drug-likeness (QED) is 0.796. The fourth-order valence-electron chi connectivity index (χ4n) is 3.77. The minimum Gasteiger partial charge on any atom is -0.348 e. The maximum Gasteiger partial charge on any atom is 0.325 e. The van der Waals surface area contributed by atoms with Gasteiger partial charge in [0.05, 0.1) is 17.7 Å². The Morgan fingerprint density at radius 1 is 1.33 bits per heavy atom. The van der Waals surface area contributed by atoms with Crippen molar-refractivity contribution in [2.24, 2.45) is 5.92 Å². The Morgan fingerprint density at radius 3 is 2.56 bits per heavy atom. The zero-order valence-corrected chi connectivity index (χ0v) is 15.6. The number of hydrogen-bond donors (Lipinski definition) is 2. The monoisotopic (exact) mass is 368 g/mol. The molecule has 0 aromatic heterocycles. The first-order valence-corrected chi connectivity index (χ1v) is 9.28. The average molecular weight is 368 g/mol. The summed E-state index contributed by atoms with van der Waals surface area (Å²) in [7, 11) is 0. The predicted octanol–water partition coefficient (Wildman–Crippen LogP) is 2.24. The van der Waals surface area contributed by atoms with Gasteiger partial charge in [-0.25, -0.2) is 4.79 Å². The van der Waals surface area contributed by atoms with Gasteiger partial charge < -0.3 is 10.6 Å². The highest BCUT2D eigenvalue weighted by Crippen LogP contribution is 2.36. The molecule has 4 amide bonds. The molecule has 7 heteroatoms. The third kappa shape index (κ3) is 3.80. The molecule has 1 aliphatic heterocycles. The van der Waals surface area contributed by atoms with E-state index in [1.165, 1.54) is 0 Å². The molecule has 142 valence electrons.